The highest BCUT2D eigenvalue weighted by atomic mass is 79.9. The molecule has 1 aliphatic carbocycles. The zero-order valence-electron chi connectivity index (χ0n) is 20.0. The number of benzene rings is 1. The number of carbonyl (C=O) groups excluding carboxylic acids is 2. The third-order valence-corrected chi connectivity index (χ3v) is 9.30. The van der Waals surface area contributed by atoms with E-state index < -0.39 is 5.41 Å². The number of quaternary nitrogens is 1. The largest absolute Gasteiger partial charge is 1.00 e. The molecule has 190 valence electrons. The Morgan fingerprint density at radius 3 is 2.49 bits per heavy atom. The lowest BCUT2D eigenvalue weighted by atomic mass is 9.78. The smallest absolute Gasteiger partial charge is 0.317 e. The minimum absolute atomic E-state index is 0. The Hall–Kier alpha value is -1.77. The van der Waals surface area contributed by atoms with E-state index in [9.17, 15) is 14.0 Å². The van der Waals surface area contributed by atoms with E-state index in [1.807, 2.05) is 6.07 Å². The molecule has 1 saturated carbocycles. The van der Waals surface area contributed by atoms with Gasteiger partial charge in [0.25, 0.3) is 5.91 Å². The lowest BCUT2D eigenvalue weighted by Crippen LogP contribution is -3.00. The molecule has 0 radical (unpaired) electrons. The van der Waals surface area contributed by atoms with Crippen molar-refractivity contribution in [2.75, 3.05) is 31.5 Å². The number of nitrogens with zero attached hydrogens (tertiary/aromatic N) is 1. The fourth-order valence-electron chi connectivity index (χ4n) is 6.33. The topological polar surface area (TPSA) is 55.4 Å². The molecule has 1 aromatic carbocycles. The van der Waals surface area contributed by atoms with Crippen molar-refractivity contribution < 1.29 is 40.2 Å². The Bertz CT molecular complexity index is 1020. The average molecular weight is 566 g/mol. The Morgan fingerprint density at radius 2 is 1.83 bits per heavy atom. The molecule has 1 N–H and O–H groups in total. The molecule has 0 spiro atoms. The van der Waals surface area contributed by atoms with Crippen LogP contribution in [0.15, 0.2) is 41.8 Å². The first-order valence-electron chi connectivity index (χ1n) is 12.6. The molecule has 35 heavy (non-hydrogen) atoms. The van der Waals surface area contributed by atoms with Gasteiger partial charge < -0.3 is 31.5 Å². The molecular formula is C27H34BrFN2O3S. The number of amides is 1. The van der Waals surface area contributed by atoms with Crippen molar-refractivity contribution in [2.24, 2.45) is 5.92 Å². The normalized spacial score (nSPS) is 27.3. The molecule has 4 fully saturated rings. The maximum atomic E-state index is 13.8. The summed E-state index contributed by atoms with van der Waals surface area (Å²) in [5.41, 5.74) is -0.0414. The zero-order valence-corrected chi connectivity index (χ0v) is 22.4. The first-order valence-corrected chi connectivity index (χ1v) is 13.5. The van der Waals surface area contributed by atoms with E-state index in [1.54, 1.807) is 23.5 Å². The lowest BCUT2D eigenvalue weighted by Gasteiger charge is -2.52. The molecule has 1 atom stereocenters. The van der Waals surface area contributed by atoms with E-state index in [1.165, 1.54) is 25.0 Å². The minimum Gasteiger partial charge on any atom is -1.00 e. The maximum Gasteiger partial charge on any atom is 0.317 e. The van der Waals surface area contributed by atoms with Gasteiger partial charge in [0.1, 0.15) is 17.8 Å². The Labute approximate surface area is 221 Å². The summed E-state index contributed by atoms with van der Waals surface area (Å²) in [4.78, 5) is 27.8. The third kappa shape index (κ3) is 5.65. The maximum absolute atomic E-state index is 13.8. The predicted octanol–water partition coefficient (Wildman–Crippen LogP) is 2.27. The molecule has 1 unspecified atom stereocenters. The van der Waals surface area contributed by atoms with Crippen molar-refractivity contribution >= 4 is 28.9 Å². The molecule has 8 heteroatoms. The molecule has 2 bridgehead atoms. The summed E-state index contributed by atoms with van der Waals surface area (Å²) in [5.74, 6) is -0.164. The molecular weight excluding hydrogens is 531 g/mol. The molecule has 3 saturated heterocycles. The van der Waals surface area contributed by atoms with Crippen molar-refractivity contribution in [3.05, 3.63) is 52.5 Å². The monoisotopic (exact) mass is 564 g/mol. The number of fused-ring (bicyclic) bond motifs is 3. The van der Waals surface area contributed by atoms with Crippen LogP contribution in [0.5, 0.6) is 0 Å². The van der Waals surface area contributed by atoms with Gasteiger partial charge in [-0.05, 0) is 42.5 Å². The van der Waals surface area contributed by atoms with Gasteiger partial charge in [-0.2, -0.15) is 0 Å². The molecule has 2 aromatic rings. The van der Waals surface area contributed by atoms with Crippen LogP contribution in [0.4, 0.5) is 10.1 Å². The zero-order chi connectivity index (χ0) is 23.6. The van der Waals surface area contributed by atoms with Crippen LogP contribution in [0, 0.1) is 11.7 Å². The first-order chi connectivity index (χ1) is 16.5. The number of anilines is 1. The number of carbonyl (C=O) groups is 2. The summed E-state index contributed by atoms with van der Waals surface area (Å²) >= 11 is 1.67. The summed E-state index contributed by atoms with van der Waals surface area (Å²) in [6.45, 7) is 2.86. The molecule has 4 aliphatic rings. The van der Waals surface area contributed by atoms with Crippen molar-refractivity contribution in [1.29, 1.82) is 0 Å². The fourth-order valence-corrected chi connectivity index (χ4v) is 7.31. The minimum atomic E-state index is -0.518. The molecule has 5 nitrogen and oxygen atoms in total. The lowest BCUT2D eigenvalue weighted by molar-refractivity contribution is -0.939. The summed E-state index contributed by atoms with van der Waals surface area (Å²) in [5, 5.41) is 4.90. The van der Waals surface area contributed by atoms with Gasteiger partial charge in [-0.15, -0.1) is 11.3 Å². The predicted molar refractivity (Wildman–Crippen MR) is 131 cm³/mol. The number of piperidine rings is 3. The number of esters is 1. The molecule has 6 rings (SSSR count). The van der Waals surface area contributed by atoms with Crippen LogP contribution in [0.3, 0.4) is 0 Å². The number of rotatable bonds is 6. The number of hydrogen-bond acceptors (Lipinski definition) is 4. The van der Waals surface area contributed by atoms with Crippen molar-refractivity contribution in [1.82, 2.24) is 0 Å². The number of hydrogen-bond donors (Lipinski definition) is 1. The molecule has 1 aromatic heterocycles. The first kappa shape index (κ1) is 26.3. The number of ether oxygens (including phenoxy) is 1. The third-order valence-electron chi connectivity index (χ3n) is 8.23. The summed E-state index contributed by atoms with van der Waals surface area (Å²) in [6, 6.07) is 10.1. The van der Waals surface area contributed by atoms with Crippen LogP contribution in [-0.2, 0) is 19.7 Å². The van der Waals surface area contributed by atoms with Gasteiger partial charge in [0.2, 0.25) is 0 Å². The van der Waals surface area contributed by atoms with Gasteiger partial charge >= 0.3 is 5.97 Å². The van der Waals surface area contributed by atoms with E-state index in [2.05, 4.69) is 16.8 Å². The van der Waals surface area contributed by atoms with Gasteiger partial charge in [-0.25, -0.2) is 4.39 Å². The molecule has 4 heterocycles. The van der Waals surface area contributed by atoms with Gasteiger partial charge in [0.15, 0.2) is 12.6 Å². The van der Waals surface area contributed by atoms with Gasteiger partial charge in [-0.1, -0.05) is 37.8 Å². The fraction of sp³-hybridized carbons (Fsp3) is 0.556. The van der Waals surface area contributed by atoms with Crippen LogP contribution < -0.4 is 22.3 Å². The summed E-state index contributed by atoms with van der Waals surface area (Å²) in [7, 11) is 0. The highest BCUT2D eigenvalue weighted by Crippen LogP contribution is 2.43. The second-order valence-corrected chi connectivity index (χ2v) is 11.4. The van der Waals surface area contributed by atoms with Crippen molar-refractivity contribution in [2.45, 2.75) is 62.9 Å². The highest BCUT2D eigenvalue weighted by Gasteiger charge is 2.51. The standard InChI is InChI=1S/C27H33FN2O3S.BrH/c28-21-7-5-8-22(17-21)29-25(31)19-30-14-10-20(11-15-30)23(18-30)33-26(32)27(24-9-6-16-34-24)12-3-1-2-4-13-27;/h5-9,16-17,20,23H,1-4,10-15,18-19H2;1H. The van der Waals surface area contributed by atoms with Crippen LogP contribution in [0.2, 0.25) is 0 Å². The average Bonchev–Trinajstić information content (AvgIpc) is 3.24. The van der Waals surface area contributed by atoms with E-state index in [-0.39, 0.29) is 40.8 Å². The van der Waals surface area contributed by atoms with Crippen molar-refractivity contribution in [3.8, 4) is 0 Å². The molecule has 3 aliphatic heterocycles. The number of halogens is 2. The van der Waals surface area contributed by atoms with Crippen LogP contribution in [0.1, 0.15) is 56.2 Å². The van der Waals surface area contributed by atoms with Crippen LogP contribution in [0.25, 0.3) is 0 Å². The van der Waals surface area contributed by atoms with Crippen LogP contribution in [-0.4, -0.2) is 48.6 Å². The van der Waals surface area contributed by atoms with E-state index in [0.29, 0.717) is 29.2 Å². The second kappa shape index (κ2) is 11.1. The SMILES string of the molecule is O=C(C[N+]12CCC(CC1)C(OC(=O)C1(c3cccs3)CCCCCC1)C2)Nc1cccc(F)c1.[Br-]. The number of thiophene rings is 1. The molecule has 1 amide bonds. The van der Waals surface area contributed by atoms with Crippen LogP contribution >= 0.6 is 11.3 Å². The van der Waals surface area contributed by atoms with Gasteiger partial charge in [0.05, 0.1) is 13.1 Å². The van der Waals surface area contributed by atoms with E-state index in [4.69, 9.17) is 4.74 Å². The Morgan fingerprint density at radius 1 is 1.09 bits per heavy atom. The number of nitrogens with one attached hydrogen (secondary N) is 1. The van der Waals surface area contributed by atoms with E-state index >= 15 is 0 Å². The summed E-state index contributed by atoms with van der Waals surface area (Å²) in [6.07, 6.45) is 7.98. The van der Waals surface area contributed by atoms with Crippen molar-refractivity contribution in [3.63, 3.8) is 0 Å². The summed E-state index contributed by atoms with van der Waals surface area (Å²) < 4.78 is 20.5. The Balaban J connectivity index is 0.00000289. The highest BCUT2D eigenvalue weighted by molar-refractivity contribution is 7.10. The quantitative estimate of drug-likeness (QED) is 0.333. The van der Waals surface area contributed by atoms with Gasteiger partial charge in [-0.3, -0.25) is 9.59 Å². The second-order valence-electron chi connectivity index (χ2n) is 10.4. The Kier molecular flexibility index (Phi) is 8.34. The van der Waals surface area contributed by atoms with E-state index in [0.717, 1.165) is 56.5 Å². The van der Waals surface area contributed by atoms with Gasteiger partial charge in [0, 0.05) is 29.3 Å².